The van der Waals surface area contributed by atoms with Crippen LogP contribution in [0, 0.1) is 0 Å². The average molecular weight is 513 g/mol. The maximum atomic E-state index is 12.7. The highest BCUT2D eigenvalue weighted by atomic mass is 32.1. The predicted octanol–water partition coefficient (Wildman–Crippen LogP) is 5.07. The maximum absolute atomic E-state index is 12.7. The monoisotopic (exact) mass is 512 g/mol. The van der Waals surface area contributed by atoms with E-state index in [-0.39, 0.29) is 17.5 Å². The van der Waals surface area contributed by atoms with E-state index in [0.717, 1.165) is 37.5 Å². The molecule has 0 saturated heterocycles. The van der Waals surface area contributed by atoms with Crippen LogP contribution in [0.1, 0.15) is 28.9 Å². The summed E-state index contributed by atoms with van der Waals surface area (Å²) in [4.78, 5) is 30.9. The second kappa shape index (κ2) is 9.19. The highest BCUT2D eigenvalue weighted by Gasteiger charge is 2.28. The van der Waals surface area contributed by atoms with Gasteiger partial charge in [-0.1, -0.05) is 29.5 Å². The number of amides is 1. The molecule has 5 aromatic rings. The highest BCUT2D eigenvalue weighted by Crippen LogP contribution is 2.33. The second-order valence-corrected chi connectivity index (χ2v) is 9.11. The second-order valence-electron chi connectivity index (χ2n) is 8.13. The van der Waals surface area contributed by atoms with E-state index < -0.39 is 18.7 Å². The van der Waals surface area contributed by atoms with Crippen molar-refractivity contribution in [3.8, 4) is 16.5 Å². The minimum absolute atomic E-state index is 0.204. The molecular weight excluding hydrogens is 493 g/mol. The largest absolute Gasteiger partial charge is 0.468 e. The van der Waals surface area contributed by atoms with Gasteiger partial charge in [-0.15, -0.1) is 0 Å². The van der Waals surface area contributed by atoms with Gasteiger partial charge in [0.15, 0.2) is 6.61 Å². The van der Waals surface area contributed by atoms with Crippen LogP contribution in [0.5, 0.6) is 5.88 Å². The number of thiazole rings is 1. The van der Waals surface area contributed by atoms with Crippen LogP contribution in [0.15, 0.2) is 55.1 Å². The van der Waals surface area contributed by atoms with Crippen molar-refractivity contribution in [1.82, 2.24) is 29.8 Å². The Labute approximate surface area is 206 Å². The van der Waals surface area contributed by atoms with Gasteiger partial charge < -0.3 is 14.6 Å². The lowest BCUT2D eigenvalue weighted by molar-refractivity contribution is -0.154. The molecule has 8 nitrogen and oxygen atoms in total. The number of imidazole rings is 1. The third kappa shape index (κ3) is 4.85. The van der Waals surface area contributed by atoms with Crippen molar-refractivity contribution in [1.29, 1.82) is 0 Å². The molecule has 1 atom stereocenters. The molecule has 12 heteroatoms. The molecule has 4 heterocycles. The van der Waals surface area contributed by atoms with Crippen LogP contribution in [-0.4, -0.2) is 43.2 Å². The molecule has 0 spiro atoms. The summed E-state index contributed by atoms with van der Waals surface area (Å²) in [6.45, 7) is 0.390. The third-order valence-electron chi connectivity index (χ3n) is 5.47. The lowest BCUT2D eigenvalue weighted by atomic mass is 10.0. The summed E-state index contributed by atoms with van der Waals surface area (Å²) in [5.41, 5.74) is 4.44. The van der Waals surface area contributed by atoms with E-state index in [0.29, 0.717) is 0 Å². The van der Waals surface area contributed by atoms with E-state index in [1.165, 1.54) is 29.7 Å². The zero-order chi connectivity index (χ0) is 25.4. The van der Waals surface area contributed by atoms with Gasteiger partial charge in [0.05, 0.1) is 29.6 Å². The van der Waals surface area contributed by atoms with Crippen LogP contribution >= 0.6 is 11.3 Å². The Morgan fingerprint density at radius 2 is 2.00 bits per heavy atom. The third-order valence-corrected chi connectivity index (χ3v) is 6.48. The van der Waals surface area contributed by atoms with E-state index in [1.807, 2.05) is 42.8 Å². The fourth-order valence-corrected chi connectivity index (χ4v) is 4.60. The first kappa shape index (κ1) is 23.7. The molecule has 0 aliphatic heterocycles. The van der Waals surface area contributed by atoms with Crippen molar-refractivity contribution in [3.05, 3.63) is 66.2 Å². The molecule has 184 valence electrons. The number of carbonyl (C=O) groups is 1. The first-order valence-corrected chi connectivity index (χ1v) is 11.6. The Morgan fingerprint density at radius 3 is 2.75 bits per heavy atom. The summed E-state index contributed by atoms with van der Waals surface area (Å²) >= 11 is 1.47. The first-order chi connectivity index (χ1) is 17.2. The van der Waals surface area contributed by atoms with Gasteiger partial charge >= 0.3 is 6.18 Å². The summed E-state index contributed by atoms with van der Waals surface area (Å²) in [6, 6.07) is 9.92. The standard InChI is InChI=1S/C24H19F3N6O2S/c1-13(31-21(34)16-6-7-18(28-9-16)35-11-24(25,26)27)14-4-3-5-15(8-14)22-32-19-20-17(30-12-33(20)2)10-29-23(19)36-22/h3-10,12-13H,11H2,1-2H3,(H,31,34)/t13-/m0/s1. The first-order valence-electron chi connectivity index (χ1n) is 10.8. The number of pyridine rings is 2. The van der Waals surface area contributed by atoms with E-state index in [2.05, 4.69) is 25.0 Å². The molecule has 0 unspecified atom stereocenters. The Hall–Kier alpha value is -4.06. The number of nitrogens with zero attached hydrogens (tertiary/aromatic N) is 5. The van der Waals surface area contributed by atoms with Crippen molar-refractivity contribution < 1.29 is 22.7 Å². The molecular formula is C24H19F3N6O2S. The predicted molar refractivity (Wildman–Crippen MR) is 129 cm³/mol. The van der Waals surface area contributed by atoms with Gasteiger partial charge in [0, 0.05) is 24.9 Å². The molecule has 5 rings (SSSR count). The van der Waals surface area contributed by atoms with Gasteiger partial charge in [-0.2, -0.15) is 13.2 Å². The number of benzene rings is 1. The SMILES string of the molecule is C[C@H](NC(=O)c1ccc(OCC(F)(F)F)nc1)c1cccc(-c2nc3c(ncc4ncn(C)c43)s2)c1. The minimum atomic E-state index is -4.46. The number of nitrogens with one attached hydrogen (secondary N) is 1. The number of hydrogen-bond acceptors (Lipinski definition) is 7. The molecule has 1 aromatic carbocycles. The number of hydrogen-bond donors (Lipinski definition) is 1. The van der Waals surface area contributed by atoms with Gasteiger partial charge in [0.25, 0.3) is 5.91 Å². The van der Waals surface area contributed by atoms with Crippen molar-refractivity contribution in [3.63, 3.8) is 0 Å². The minimum Gasteiger partial charge on any atom is -0.468 e. The Morgan fingerprint density at radius 1 is 1.17 bits per heavy atom. The number of ether oxygens (including phenoxy) is 1. The summed E-state index contributed by atoms with van der Waals surface area (Å²) < 4.78 is 43.3. The summed E-state index contributed by atoms with van der Waals surface area (Å²) in [6.07, 6.45) is 0.178. The number of carbonyl (C=O) groups excluding carboxylic acids is 1. The van der Waals surface area contributed by atoms with Crippen molar-refractivity contribution in [2.24, 2.45) is 7.05 Å². The zero-order valence-corrected chi connectivity index (χ0v) is 19.9. The molecule has 1 N–H and O–H groups in total. The van der Waals surface area contributed by atoms with E-state index in [4.69, 9.17) is 4.98 Å². The number of rotatable bonds is 6. The van der Waals surface area contributed by atoms with Crippen molar-refractivity contribution in [2.45, 2.75) is 19.1 Å². The number of aromatic nitrogens is 5. The number of alkyl halides is 3. The molecule has 4 aromatic heterocycles. The molecule has 0 fully saturated rings. The number of fused-ring (bicyclic) bond motifs is 3. The van der Waals surface area contributed by atoms with E-state index in [9.17, 15) is 18.0 Å². The molecule has 0 bridgehead atoms. The van der Waals surface area contributed by atoms with Crippen molar-refractivity contribution >= 4 is 38.6 Å². The molecule has 0 aliphatic rings. The summed E-state index contributed by atoms with van der Waals surface area (Å²) in [7, 11) is 1.91. The average Bonchev–Trinajstić information content (AvgIpc) is 3.46. The van der Waals surface area contributed by atoms with Gasteiger partial charge in [0.2, 0.25) is 5.88 Å². The fraction of sp³-hybridized carbons (Fsp3) is 0.208. The molecule has 0 saturated carbocycles. The zero-order valence-electron chi connectivity index (χ0n) is 19.1. The Balaban J connectivity index is 1.32. The van der Waals surface area contributed by atoms with Crippen LogP contribution in [0.2, 0.25) is 0 Å². The smallest absolute Gasteiger partial charge is 0.422 e. The maximum Gasteiger partial charge on any atom is 0.422 e. The number of halogens is 3. The molecule has 36 heavy (non-hydrogen) atoms. The number of aryl methyl sites for hydroxylation is 1. The van der Waals surface area contributed by atoms with Crippen LogP contribution in [0.3, 0.4) is 0 Å². The van der Waals surface area contributed by atoms with E-state index in [1.54, 1.807) is 12.5 Å². The van der Waals surface area contributed by atoms with Gasteiger partial charge in [-0.3, -0.25) is 4.79 Å². The normalized spacial score (nSPS) is 12.7. The topological polar surface area (TPSA) is 94.8 Å². The van der Waals surface area contributed by atoms with Crippen LogP contribution in [0.4, 0.5) is 13.2 Å². The van der Waals surface area contributed by atoms with Crippen LogP contribution < -0.4 is 10.1 Å². The fourth-order valence-electron chi connectivity index (χ4n) is 3.69. The Kier molecular flexibility index (Phi) is 6.04. The van der Waals surface area contributed by atoms with Gasteiger partial charge in [-0.25, -0.2) is 19.9 Å². The van der Waals surface area contributed by atoms with Gasteiger partial charge in [0.1, 0.15) is 20.9 Å². The van der Waals surface area contributed by atoms with Gasteiger partial charge in [-0.05, 0) is 24.6 Å². The summed E-state index contributed by atoms with van der Waals surface area (Å²) in [5.74, 6) is -0.621. The Bertz CT molecular complexity index is 1560. The molecule has 1 amide bonds. The highest BCUT2D eigenvalue weighted by molar-refractivity contribution is 7.21. The molecule has 0 radical (unpaired) electrons. The molecule has 0 aliphatic carbocycles. The van der Waals surface area contributed by atoms with Crippen LogP contribution in [0.25, 0.3) is 32.0 Å². The van der Waals surface area contributed by atoms with E-state index >= 15 is 0 Å². The lowest BCUT2D eigenvalue weighted by Gasteiger charge is -2.15. The quantitative estimate of drug-likeness (QED) is 0.341. The lowest BCUT2D eigenvalue weighted by Crippen LogP contribution is -2.26. The summed E-state index contributed by atoms with van der Waals surface area (Å²) in [5, 5.41) is 3.68. The van der Waals surface area contributed by atoms with Crippen molar-refractivity contribution in [2.75, 3.05) is 6.61 Å². The van der Waals surface area contributed by atoms with Crippen LogP contribution in [-0.2, 0) is 7.05 Å².